The van der Waals surface area contributed by atoms with E-state index in [0.29, 0.717) is 19.8 Å². The summed E-state index contributed by atoms with van der Waals surface area (Å²) in [5, 5.41) is 2.88. The van der Waals surface area contributed by atoms with Gasteiger partial charge in [0.2, 0.25) is 0 Å². The molecule has 5 heteroatoms. The molecule has 1 unspecified atom stereocenters. The van der Waals surface area contributed by atoms with Gasteiger partial charge in [0.15, 0.2) is 6.10 Å². The van der Waals surface area contributed by atoms with Gasteiger partial charge < -0.3 is 14.8 Å². The second-order valence-electron chi connectivity index (χ2n) is 8.09. The topological polar surface area (TPSA) is 67.9 Å². The molecule has 1 heterocycles. The van der Waals surface area contributed by atoms with Crippen molar-refractivity contribution in [1.29, 1.82) is 0 Å². The molecule has 0 aliphatic carbocycles. The lowest BCUT2D eigenvalue weighted by Gasteiger charge is -2.16. The largest absolute Gasteiger partial charge is 0.465 e. The summed E-state index contributed by atoms with van der Waals surface area (Å²) in [6.45, 7) is 6.23. The van der Waals surface area contributed by atoms with Crippen molar-refractivity contribution in [1.82, 2.24) is 5.32 Å². The lowest BCUT2D eigenvalue weighted by molar-refractivity contribution is -0.149. The van der Waals surface area contributed by atoms with E-state index in [0.717, 1.165) is 51.4 Å². The number of unbranched alkanes of at least 4 members (excludes halogenated alkanes) is 9. The second-order valence-corrected chi connectivity index (χ2v) is 8.09. The van der Waals surface area contributed by atoms with Gasteiger partial charge in [-0.05, 0) is 32.1 Å². The second kappa shape index (κ2) is 16.8. The number of nitrogens with one attached hydrogen (secondary N) is 1. The Bertz CT molecular complexity index is 397. The lowest BCUT2D eigenvalue weighted by Crippen LogP contribution is -2.28. The van der Waals surface area contributed by atoms with Crippen LogP contribution in [0.3, 0.4) is 0 Å². The smallest absolute Gasteiger partial charge is 0.308 e. The molecule has 28 heavy (non-hydrogen) atoms. The van der Waals surface area contributed by atoms with E-state index >= 15 is 0 Å². The molecule has 0 spiro atoms. The molecule has 1 atom stereocenters. The minimum atomic E-state index is -0.198. The van der Waals surface area contributed by atoms with Crippen LogP contribution in [-0.2, 0) is 19.1 Å². The molecule has 0 aromatic rings. The molecule has 164 valence electrons. The first-order valence-corrected chi connectivity index (χ1v) is 11.7. The predicted molar refractivity (Wildman–Crippen MR) is 113 cm³/mol. The number of carbonyl (C=O) groups excluding carboxylic acids is 2. The van der Waals surface area contributed by atoms with Crippen molar-refractivity contribution in [3.05, 3.63) is 0 Å². The monoisotopic (exact) mass is 397 g/mol. The molecular formula is C23H43NO4. The van der Waals surface area contributed by atoms with Gasteiger partial charge in [0.05, 0.1) is 19.1 Å². The van der Waals surface area contributed by atoms with E-state index in [4.69, 9.17) is 9.47 Å². The third kappa shape index (κ3) is 13.1. The Morgan fingerprint density at radius 1 is 0.893 bits per heavy atom. The Kier molecular flexibility index (Phi) is 15.0. The molecule has 1 aliphatic heterocycles. The van der Waals surface area contributed by atoms with Crippen LogP contribution in [-0.4, -0.2) is 37.7 Å². The van der Waals surface area contributed by atoms with Crippen molar-refractivity contribution >= 4 is 11.9 Å². The summed E-state index contributed by atoms with van der Waals surface area (Å²) in [6, 6.07) is 0. The summed E-state index contributed by atoms with van der Waals surface area (Å²) in [4.78, 5) is 23.9. The Morgan fingerprint density at radius 3 is 2.04 bits per heavy atom. The van der Waals surface area contributed by atoms with Crippen LogP contribution < -0.4 is 5.32 Å². The number of hydrogen-bond acceptors (Lipinski definition) is 4. The van der Waals surface area contributed by atoms with Crippen molar-refractivity contribution in [2.24, 2.45) is 5.92 Å². The average molecular weight is 398 g/mol. The Hall–Kier alpha value is -1.10. The highest BCUT2D eigenvalue weighted by Gasteiger charge is 2.30. The minimum absolute atomic E-state index is 0.0119. The quantitative estimate of drug-likeness (QED) is 0.186. The van der Waals surface area contributed by atoms with Gasteiger partial charge in [-0.1, -0.05) is 71.6 Å². The molecular weight excluding hydrogens is 354 g/mol. The molecule has 0 aromatic heterocycles. The predicted octanol–water partition coefficient (Wildman–Crippen LogP) is 5.16. The fraction of sp³-hybridized carbons (Fsp3) is 0.913. The van der Waals surface area contributed by atoms with E-state index in [1.807, 2.05) is 0 Å². The maximum atomic E-state index is 12.5. The van der Waals surface area contributed by atoms with Crippen LogP contribution in [0.25, 0.3) is 0 Å². The summed E-state index contributed by atoms with van der Waals surface area (Å²) in [5.41, 5.74) is 0. The maximum Gasteiger partial charge on any atom is 0.308 e. The lowest BCUT2D eigenvalue weighted by atomic mass is 9.94. The Labute approximate surface area is 172 Å². The molecule has 1 aliphatic rings. The highest BCUT2D eigenvalue weighted by molar-refractivity contribution is 5.82. The van der Waals surface area contributed by atoms with Gasteiger partial charge in [0.1, 0.15) is 0 Å². The number of epoxide rings is 1. The van der Waals surface area contributed by atoms with Crippen molar-refractivity contribution in [3.8, 4) is 0 Å². The van der Waals surface area contributed by atoms with Gasteiger partial charge >= 0.3 is 5.97 Å². The van der Waals surface area contributed by atoms with Crippen LogP contribution in [0.4, 0.5) is 0 Å². The number of hydrogen-bond donors (Lipinski definition) is 1. The van der Waals surface area contributed by atoms with Crippen LogP contribution in [0.2, 0.25) is 0 Å². The van der Waals surface area contributed by atoms with Crippen molar-refractivity contribution in [3.63, 3.8) is 0 Å². The third-order valence-corrected chi connectivity index (χ3v) is 5.39. The summed E-state index contributed by atoms with van der Waals surface area (Å²) >= 11 is 0. The fourth-order valence-corrected chi connectivity index (χ4v) is 3.41. The molecule has 0 aromatic carbocycles. The molecule has 5 nitrogen and oxygen atoms in total. The zero-order valence-corrected chi connectivity index (χ0v) is 18.3. The molecule has 1 fully saturated rings. The number of carbonyl (C=O) groups is 2. The van der Waals surface area contributed by atoms with E-state index in [1.54, 1.807) is 0 Å². The number of amides is 1. The van der Waals surface area contributed by atoms with E-state index in [9.17, 15) is 9.59 Å². The molecule has 1 saturated heterocycles. The van der Waals surface area contributed by atoms with Crippen molar-refractivity contribution < 1.29 is 19.1 Å². The standard InChI is InChI=1S/C23H43NO4/c1-3-5-7-11-15-20(16-12-8-6-4-2)23(26)27-18-14-10-9-13-17-24-22(25)21-19-28-21/h20-21H,3-19H2,1-2H3,(H,24,25). The Balaban J connectivity index is 2.07. The third-order valence-electron chi connectivity index (χ3n) is 5.39. The van der Waals surface area contributed by atoms with Crippen molar-refractivity contribution in [2.45, 2.75) is 110 Å². The minimum Gasteiger partial charge on any atom is -0.465 e. The summed E-state index contributed by atoms with van der Waals surface area (Å²) in [7, 11) is 0. The number of esters is 1. The number of ether oxygens (including phenoxy) is 2. The van der Waals surface area contributed by atoms with E-state index in [2.05, 4.69) is 19.2 Å². The van der Waals surface area contributed by atoms with E-state index in [1.165, 1.54) is 38.5 Å². The first-order chi connectivity index (χ1) is 13.7. The van der Waals surface area contributed by atoms with E-state index in [-0.39, 0.29) is 23.9 Å². The average Bonchev–Trinajstić information content (AvgIpc) is 3.53. The molecule has 1 amide bonds. The van der Waals surface area contributed by atoms with Gasteiger partial charge in [0.25, 0.3) is 5.91 Å². The zero-order chi connectivity index (χ0) is 20.5. The van der Waals surface area contributed by atoms with Crippen LogP contribution in [0.5, 0.6) is 0 Å². The summed E-state index contributed by atoms with van der Waals surface area (Å²) in [6.07, 6.45) is 15.4. The van der Waals surface area contributed by atoms with Crippen LogP contribution in [0.15, 0.2) is 0 Å². The van der Waals surface area contributed by atoms with Gasteiger partial charge in [-0.15, -0.1) is 0 Å². The highest BCUT2D eigenvalue weighted by atomic mass is 16.6. The Morgan fingerprint density at radius 2 is 1.46 bits per heavy atom. The summed E-state index contributed by atoms with van der Waals surface area (Å²) < 4.78 is 10.5. The van der Waals surface area contributed by atoms with Crippen LogP contribution >= 0.6 is 0 Å². The van der Waals surface area contributed by atoms with Gasteiger partial charge in [0, 0.05) is 6.54 Å². The van der Waals surface area contributed by atoms with Crippen LogP contribution in [0.1, 0.15) is 104 Å². The first kappa shape index (κ1) is 24.9. The van der Waals surface area contributed by atoms with Gasteiger partial charge in [-0.25, -0.2) is 0 Å². The zero-order valence-electron chi connectivity index (χ0n) is 18.3. The molecule has 1 rings (SSSR count). The SMILES string of the molecule is CCCCCCC(CCCCCC)C(=O)OCCCCCCNC(=O)C1CO1. The molecule has 0 bridgehead atoms. The normalized spacial score (nSPS) is 15.6. The maximum absolute atomic E-state index is 12.5. The van der Waals surface area contributed by atoms with Gasteiger partial charge in [-0.3, -0.25) is 9.59 Å². The molecule has 0 radical (unpaired) electrons. The number of rotatable bonds is 19. The highest BCUT2D eigenvalue weighted by Crippen LogP contribution is 2.20. The first-order valence-electron chi connectivity index (χ1n) is 11.7. The van der Waals surface area contributed by atoms with Crippen LogP contribution in [0, 0.1) is 5.92 Å². The summed E-state index contributed by atoms with van der Waals surface area (Å²) in [5.74, 6) is 0.121. The molecule has 0 saturated carbocycles. The van der Waals surface area contributed by atoms with Gasteiger partial charge in [-0.2, -0.15) is 0 Å². The van der Waals surface area contributed by atoms with Crippen molar-refractivity contribution in [2.75, 3.05) is 19.8 Å². The fourth-order valence-electron chi connectivity index (χ4n) is 3.41. The van der Waals surface area contributed by atoms with E-state index < -0.39 is 0 Å². The molecule has 1 N–H and O–H groups in total.